The zero-order valence-electron chi connectivity index (χ0n) is 35.3. The summed E-state index contributed by atoms with van der Waals surface area (Å²) in [6, 6.07) is 96.5. The van der Waals surface area contributed by atoms with Gasteiger partial charge < -0.3 is 9.80 Å². The Labute approximate surface area is 375 Å². The summed E-state index contributed by atoms with van der Waals surface area (Å²) in [7, 11) is 0. The Morgan fingerprint density at radius 1 is 0.156 bits per heavy atom. The van der Waals surface area contributed by atoms with E-state index in [1.54, 1.807) is 0 Å². The van der Waals surface area contributed by atoms with Crippen molar-refractivity contribution in [1.82, 2.24) is 0 Å². The van der Waals surface area contributed by atoms with Gasteiger partial charge >= 0.3 is 0 Å². The third-order valence-electron chi connectivity index (χ3n) is 12.3. The van der Waals surface area contributed by atoms with Crippen molar-refractivity contribution < 1.29 is 0 Å². The van der Waals surface area contributed by atoms with Crippen LogP contribution in [0, 0.1) is 0 Å². The van der Waals surface area contributed by atoms with Crippen LogP contribution >= 0.6 is 0 Å². The number of nitrogens with zero attached hydrogens (tertiary/aromatic N) is 2. The summed E-state index contributed by atoms with van der Waals surface area (Å²) in [5.41, 5.74) is 15.9. The monoisotopic (exact) mass is 816 g/mol. The highest BCUT2D eigenvalue weighted by atomic mass is 15.2. The zero-order chi connectivity index (χ0) is 42.7. The smallest absolute Gasteiger partial charge is 0.0788 e. The Hall–Kier alpha value is -8.46. The van der Waals surface area contributed by atoms with Crippen molar-refractivity contribution in [2.75, 3.05) is 9.80 Å². The topological polar surface area (TPSA) is 6.48 Å². The van der Waals surface area contributed by atoms with Crippen LogP contribution in [0.3, 0.4) is 0 Å². The van der Waals surface area contributed by atoms with Gasteiger partial charge in [0.15, 0.2) is 0 Å². The van der Waals surface area contributed by atoms with E-state index >= 15 is 0 Å². The molecule has 0 fully saturated rings. The first-order valence-electron chi connectivity index (χ1n) is 21.9. The van der Waals surface area contributed by atoms with Gasteiger partial charge in [0.25, 0.3) is 0 Å². The van der Waals surface area contributed by atoms with Crippen LogP contribution in [-0.4, -0.2) is 0 Å². The molecular formula is C62H44N2. The average molecular weight is 817 g/mol. The van der Waals surface area contributed by atoms with Crippen molar-refractivity contribution in [3.05, 3.63) is 267 Å². The van der Waals surface area contributed by atoms with E-state index in [4.69, 9.17) is 0 Å². The SMILES string of the molecule is c1ccc(-c2ccc(N(c3ccc(-c4ccccc4)cc3)c3c(N(c4ccc(-c5ccccc5)cc4)c4ccc(-c5ccccc5)cc4)c4ccccc4c4ccccc34)cc2)cc1. The number of fused-ring (bicyclic) bond motifs is 3. The van der Waals surface area contributed by atoms with Gasteiger partial charge in [-0.2, -0.15) is 0 Å². The lowest BCUT2D eigenvalue weighted by molar-refractivity contribution is 1.25. The maximum Gasteiger partial charge on any atom is 0.0788 e. The molecule has 2 heteroatoms. The average Bonchev–Trinajstić information content (AvgIpc) is 3.39. The molecule has 0 saturated carbocycles. The van der Waals surface area contributed by atoms with E-state index in [9.17, 15) is 0 Å². The minimum absolute atomic E-state index is 1.06. The Balaban J connectivity index is 1.20. The summed E-state index contributed by atoms with van der Waals surface area (Å²) in [5.74, 6) is 0. The lowest BCUT2D eigenvalue weighted by atomic mass is 9.94. The molecule has 11 aromatic carbocycles. The molecule has 64 heavy (non-hydrogen) atoms. The standard InChI is InChI=1S/C62H44N2/c1-5-17-45(18-6-1)49-29-37-53(38-30-49)63(54-39-31-50(32-40-54)46-19-7-2-8-20-46)61-59-27-15-13-25-57(59)58-26-14-16-28-60(58)62(61)64(55-41-33-51(34-42-55)47-21-9-3-10-22-47)56-43-35-52(36-44-56)48-23-11-4-12-24-48/h1-44H. The molecule has 302 valence electrons. The Morgan fingerprint density at radius 3 is 0.578 bits per heavy atom. The van der Waals surface area contributed by atoms with E-state index in [1.165, 1.54) is 55.3 Å². The van der Waals surface area contributed by atoms with E-state index in [-0.39, 0.29) is 0 Å². The van der Waals surface area contributed by atoms with Gasteiger partial charge in [-0.15, -0.1) is 0 Å². The molecule has 0 bridgehead atoms. The van der Waals surface area contributed by atoms with Crippen molar-refractivity contribution in [2.24, 2.45) is 0 Å². The predicted molar refractivity (Wildman–Crippen MR) is 273 cm³/mol. The molecule has 0 atom stereocenters. The van der Waals surface area contributed by atoms with E-state index in [2.05, 4.69) is 277 Å². The van der Waals surface area contributed by atoms with Crippen molar-refractivity contribution in [3.63, 3.8) is 0 Å². The molecule has 0 radical (unpaired) electrons. The molecule has 0 unspecified atom stereocenters. The predicted octanol–water partition coefficient (Wildman–Crippen LogP) is 17.6. The van der Waals surface area contributed by atoms with Crippen LogP contribution in [0.1, 0.15) is 0 Å². The molecule has 2 nitrogen and oxygen atoms in total. The first-order chi connectivity index (χ1) is 31.8. The molecule has 0 amide bonds. The molecule has 0 aromatic heterocycles. The number of anilines is 6. The van der Waals surface area contributed by atoms with Gasteiger partial charge in [0.2, 0.25) is 0 Å². The minimum atomic E-state index is 1.06. The quantitative estimate of drug-likeness (QED) is 0.100. The zero-order valence-corrected chi connectivity index (χ0v) is 35.3. The van der Waals surface area contributed by atoms with Crippen LogP contribution < -0.4 is 9.80 Å². The second-order valence-electron chi connectivity index (χ2n) is 16.1. The molecule has 0 aliphatic rings. The highest BCUT2D eigenvalue weighted by molar-refractivity contribution is 6.23. The largest absolute Gasteiger partial charge is 0.308 e. The molecule has 0 aliphatic heterocycles. The van der Waals surface area contributed by atoms with Gasteiger partial charge in [-0.1, -0.05) is 218 Å². The van der Waals surface area contributed by atoms with Crippen LogP contribution in [0.25, 0.3) is 66.1 Å². The molecule has 11 aromatic rings. The fourth-order valence-corrected chi connectivity index (χ4v) is 9.11. The second kappa shape index (κ2) is 17.1. The van der Waals surface area contributed by atoms with E-state index in [0.29, 0.717) is 0 Å². The highest BCUT2D eigenvalue weighted by Crippen LogP contribution is 2.53. The molecule has 11 rings (SSSR count). The van der Waals surface area contributed by atoms with Crippen LogP contribution in [-0.2, 0) is 0 Å². The number of benzene rings is 11. The molecule has 0 aliphatic carbocycles. The van der Waals surface area contributed by atoms with Gasteiger partial charge in [0.05, 0.1) is 11.4 Å². The van der Waals surface area contributed by atoms with Crippen molar-refractivity contribution >= 4 is 55.7 Å². The van der Waals surface area contributed by atoms with Crippen LogP contribution in [0.15, 0.2) is 267 Å². The highest BCUT2D eigenvalue weighted by Gasteiger charge is 2.28. The van der Waals surface area contributed by atoms with Gasteiger partial charge in [-0.3, -0.25) is 0 Å². The number of hydrogen-bond acceptors (Lipinski definition) is 2. The van der Waals surface area contributed by atoms with Crippen molar-refractivity contribution in [3.8, 4) is 44.5 Å². The summed E-state index contributed by atoms with van der Waals surface area (Å²) < 4.78 is 0. The fraction of sp³-hybridized carbons (Fsp3) is 0. The molecule has 0 heterocycles. The summed E-state index contributed by atoms with van der Waals surface area (Å²) in [6.45, 7) is 0. The van der Waals surface area contributed by atoms with Crippen LogP contribution in [0.4, 0.5) is 34.1 Å². The number of hydrogen-bond donors (Lipinski definition) is 0. The summed E-state index contributed by atoms with van der Waals surface area (Å²) >= 11 is 0. The van der Waals surface area contributed by atoms with Crippen LogP contribution in [0.5, 0.6) is 0 Å². The van der Waals surface area contributed by atoms with Gasteiger partial charge in [0.1, 0.15) is 0 Å². The van der Waals surface area contributed by atoms with Gasteiger partial charge in [-0.25, -0.2) is 0 Å². The van der Waals surface area contributed by atoms with E-state index in [1.807, 2.05) is 0 Å². The lowest BCUT2D eigenvalue weighted by Crippen LogP contribution is -2.18. The number of rotatable bonds is 10. The van der Waals surface area contributed by atoms with Gasteiger partial charge in [0, 0.05) is 33.5 Å². The van der Waals surface area contributed by atoms with Gasteiger partial charge in [-0.05, 0) is 104 Å². The van der Waals surface area contributed by atoms with E-state index < -0.39 is 0 Å². The third-order valence-corrected chi connectivity index (χ3v) is 12.3. The molecule has 0 N–H and O–H groups in total. The first-order valence-corrected chi connectivity index (χ1v) is 21.9. The van der Waals surface area contributed by atoms with Crippen LogP contribution in [0.2, 0.25) is 0 Å². The Bertz CT molecular complexity index is 2920. The first kappa shape index (κ1) is 38.5. The summed E-state index contributed by atoms with van der Waals surface area (Å²) in [5, 5.41) is 4.70. The lowest BCUT2D eigenvalue weighted by Gasteiger charge is -2.35. The normalized spacial score (nSPS) is 11.1. The van der Waals surface area contributed by atoms with Crippen molar-refractivity contribution in [1.29, 1.82) is 0 Å². The maximum atomic E-state index is 2.47. The van der Waals surface area contributed by atoms with Crippen molar-refractivity contribution in [2.45, 2.75) is 0 Å². The van der Waals surface area contributed by atoms with E-state index in [0.717, 1.165) is 44.9 Å². The second-order valence-corrected chi connectivity index (χ2v) is 16.1. The molecule has 0 saturated heterocycles. The third kappa shape index (κ3) is 7.38. The Morgan fingerprint density at radius 2 is 0.344 bits per heavy atom. The maximum absolute atomic E-state index is 2.47. The summed E-state index contributed by atoms with van der Waals surface area (Å²) in [6.07, 6.45) is 0. The molecule has 0 spiro atoms. The molecular weight excluding hydrogens is 773 g/mol. The Kier molecular flexibility index (Phi) is 10.3. The fourth-order valence-electron chi connectivity index (χ4n) is 9.11. The summed E-state index contributed by atoms with van der Waals surface area (Å²) in [4.78, 5) is 4.94. The minimum Gasteiger partial charge on any atom is -0.308 e.